The van der Waals surface area contributed by atoms with Crippen molar-refractivity contribution >= 4 is 23.2 Å². The summed E-state index contributed by atoms with van der Waals surface area (Å²) in [5.41, 5.74) is 3.44. The third-order valence-corrected chi connectivity index (χ3v) is 5.23. The summed E-state index contributed by atoms with van der Waals surface area (Å²) in [7, 11) is 1.68. The summed E-state index contributed by atoms with van der Waals surface area (Å²) < 4.78 is 5.15. The van der Waals surface area contributed by atoms with Gasteiger partial charge in [-0.2, -0.15) is 0 Å². The van der Waals surface area contributed by atoms with E-state index in [9.17, 15) is 9.59 Å². The molecule has 0 radical (unpaired) electrons. The van der Waals surface area contributed by atoms with Gasteiger partial charge in [-0.15, -0.1) is 11.3 Å². The molecule has 1 amide bonds. The van der Waals surface area contributed by atoms with Gasteiger partial charge in [0.2, 0.25) is 0 Å². The Bertz CT molecular complexity index is 936. The Balaban J connectivity index is 1.54. The van der Waals surface area contributed by atoms with Crippen LogP contribution in [0.3, 0.4) is 0 Å². The van der Waals surface area contributed by atoms with E-state index in [1.54, 1.807) is 12.4 Å². The van der Waals surface area contributed by atoms with Crippen molar-refractivity contribution < 1.29 is 14.3 Å². The number of aromatic nitrogens is 1. The fraction of sp³-hybridized carbons (Fsp3) is 0.227. The summed E-state index contributed by atoms with van der Waals surface area (Å²) in [4.78, 5) is 30.3. The van der Waals surface area contributed by atoms with Crippen LogP contribution < -0.4 is 0 Å². The molecule has 0 aliphatic rings. The van der Waals surface area contributed by atoms with E-state index in [1.165, 1.54) is 21.8 Å². The zero-order valence-corrected chi connectivity index (χ0v) is 16.7. The first-order valence-electron chi connectivity index (χ1n) is 9.06. The highest BCUT2D eigenvalue weighted by atomic mass is 32.1. The number of hydrogen-bond donors (Lipinski definition) is 0. The van der Waals surface area contributed by atoms with Gasteiger partial charge in [-0.3, -0.25) is 4.79 Å². The molecule has 0 atom stereocenters. The number of thiazole rings is 1. The van der Waals surface area contributed by atoms with Crippen molar-refractivity contribution in [3.8, 4) is 10.6 Å². The number of likely N-dealkylation sites (N-methyl/N-ethyl adjacent to an activating group) is 1. The fourth-order valence-electron chi connectivity index (χ4n) is 2.64. The Morgan fingerprint density at radius 1 is 1.04 bits per heavy atom. The molecule has 0 aliphatic carbocycles. The Labute approximate surface area is 168 Å². The van der Waals surface area contributed by atoms with Gasteiger partial charge in [0, 0.05) is 24.5 Å². The third kappa shape index (κ3) is 5.04. The second-order valence-electron chi connectivity index (χ2n) is 6.40. The van der Waals surface area contributed by atoms with Crippen LogP contribution in [0.1, 0.15) is 28.5 Å². The van der Waals surface area contributed by atoms with Crippen LogP contribution in [0, 0.1) is 0 Å². The quantitative estimate of drug-likeness (QED) is 0.564. The summed E-state index contributed by atoms with van der Waals surface area (Å²) in [6.45, 7) is 2.26. The van der Waals surface area contributed by atoms with E-state index >= 15 is 0 Å². The minimum atomic E-state index is -0.589. The molecule has 3 rings (SSSR count). The molecule has 0 saturated heterocycles. The Hall–Kier alpha value is -2.99. The molecule has 0 saturated carbocycles. The lowest BCUT2D eigenvalue weighted by molar-refractivity contribution is -0.133. The molecule has 144 valence electrons. The van der Waals surface area contributed by atoms with Crippen molar-refractivity contribution in [2.75, 3.05) is 13.7 Å². The Morgan fingerprint density at radius 3 is 2.43 bits per heavy atom. The number of carbonyl (C=O) groups excluding carboxylic acids is 2. The number of hydrogen-bond acceptors (Lipinski definition) is 5. The van der Waals surface area contributed by atoms with Crippen molar-refractivity contribution in [2.24, 2.45) is 0 Å². The summed E-state index contributed by atoms with van der Waals surface area (Å²) in [5, 5.41) is 2.41. The van der Waals surface area contributed by atoms with E-state index in [0.717, 1.165) is 22.6 Å². The first-order chi connectivity index (χ1) is 13.6. The average Bonchev–Trinajstić information content (AvgIpc) is 3.23. The maximum Gasteiger partial charge on any atom is 0.358 e. The SMILES string of the molecule is CCc1ccc(-c2nc(C(=O)OCC(=O)N(C)Cc3ccccc3)cs2)cc1. The van der Waals surface area contributed by atoms with Crippen molar-refractivity contribution in [1.82, 2.24) is 9.88 Å². The normalized spacial score (nSPS) is 10.5. The lowest BCUT2D eigenvalue weighted by atomic mass is 10.1. The van der Waals surface area contributed by atoms with E-state index < -0.39 is 5.97 Å². The molecule has 6 heteroatoms. The van der Waals surface area contributed by atoms with Crippen molar-refractivity contribution in [1.29, 1.82) is 0 Å². The molecule has 2 aromatic carbocycles. The van der Waals surface area contributed by atoms with E-state index in [0.29, 0.717) is 6.54 Å². The van der Waals surface area contributed by atoms with Gasteiger partial charge in [-0.25, -0.2) is 9.78 Å². The topological polar surface area (TPSA) is 59.5 Å². The van der Waals surface area contributed by atoms with Gasteiger partial charge in [0.1, 0.15) is 5.01 Å². The van der Waals surface area contributed by atoms with Crippen LogP contribution in [0.5, 0.6) is 0 Å². The fourth-order valence-corrected chi connectivity index (χ4v) is 3.44. The molecule has 0 fully saturated rings. The number of ether oxygens (including phenoxy) is 1. The zero-order chi connectivity index (χ0) is 19.9. The highest BCUT2D eigenvalue weighted by molar-refractivity contribution is 7.13. The van der Waals surface area contributed by atoms with Crippen LogP contribution in [0.25, 0.3) is 10.6 Å². The largest absolute Gasteiger partial charge is 0.451 e. The molecule has 0 aliphatic heterocycles. The molecular weight excluding hydrogens is 372 g/mol. The Kier molecular flexibility index (Phi) is 6.55. The van der Waals surface area contributed by atoms with Gasteiger partial charge in [0.15, 0.2) is 12.3 Å². The molecule has 1 aromatic heterocycles. The number of benzene rings is 2. The lowest BCUT2D eigenvalue weighted by Gasteiger charge is -2.17. The van der Waals surface area contributed by atoms with E-state index in [1.807, 2.05) is 42.5 Å². The van der Waals surface area contributed by atoms with Crippen LogP contribution in [0.2, 0.25) is 0 Å². The summed E-state index contributed by atoms with van der Waals surface area (Å²) >= 11 is 1.38. The minimum absolute atomic E-state index is 0.220. The average molecular weight is 394 g/mol. The van der Waals surface area contributed by atoms with Crippen LogP contribution >= 0.6 is 11.3 Å². The predicted molar refractivity (Wildman–Crippen MR) is 110 cm³/mol. The maximum absolute atomic E-state index is 12.2. The zero-order valence-electron chi connectivity index (χ0n) is 15.9. The molecule has 3 aromatic rings. The molecule has 0 unspecified atom stereocenters. The molecule has 5 nitrogen and oxygen atoms in total. The second-order valence-corrected chi connectivity index (χ2v) is 7.26. The second kappa shape index (κ2) is 9.28. The third-order valence-electron chi connectivity index (χ3n) is 4.34. The first-order valence-corrected chi connectivity index (χ1v) is 9.94. The highest BCUT2D eigenvalue weighted by Crippen LogP contribution is 2.24. The number of carbonyl (C=O) groups is 2. The van der Waals surface area contributed by atoms with Gasteiger partial charge < -0.3 is 9.64 Å². The van der Waals surface area contributed by atoms with Gasteiger partial charge >= 0.3 is 5.97 Å². The molecule has 0 bridgehead atoms. The van der Waals surface area contributed by atoms with E-state index in [4.69, 9.17) is 4.74 Å². The van der Waals surface area contributed by atoms with Gasteiger partial charge in [0.05, 0.1) is 0 Å². The van der Waals surface area contributed by atoms with E-state index in [2.05, 4.69) is 24.0 Å². The molecule has 1 heterocycles. The summed E-state index contributed by atoms with van der Waals surface area (Å²) in [5.74, 6) is -0.850. The van der Waals surface area contributed by atoms with Crippen molar-refractivity contribution in [2.45, 2.75) is 19.9 Å². The summed E-state index contributed by atoms with van der Waals surface area (Å²) in [6.07, 6.45) is 0.975. The molecule has 0 N–H and O–H groups in total. The van der Waals surface area contributed by atoms with Gasteiger partial charge in [-0.05, 0) is 17.5 Å². The Morgan fingerprint density at radius 2 is 1.75 bits per heavy atom. The molecule has 28 heavy (non-hydrogen) atoms. The van der Waals surface area contributed by atoms with Crippen LogP contribution in [-0.2, 0) is 22.5 Å². The number of amides is 1. The number of nitrogens with zero attached hydrogens (tertiary/aromatic N) is 2. The lowest BCUT2D eigenvalue weighted by Crippen LogP contribution is -2.30. The molecular formula is C22H22N2O3S. The maximum atomic E-state index is 12.2. The summed E-state index contributed by atoms with van der Waals surface area (Å²) in [6, 6.07) is 17.7. The highest BCUT2D eigenvalue weighted by Gasteiger charge is 2.17. The number of rotatable bonds is 7. The number of esters is 1. The van der Waals surface area contributed by atoms with Crippen LogP contribution in [-0.4, -0.2) is 35.4 Å². The molecule has 0 spiro atoms. The van der Waals surface area contributed by atoms with Crippen LogP contribution in [0.15, 0.2) is 60.0 Å². The smallest absolute Gasteiger partial charge is 0.358 e. The van der Waals surface area contributed by atoms with Gasteiger partial charge in [0.25, 0.3) is 5.91 Å². The van der Waals surface area contributed by atoms with E-state index in [-0.39, 0.29) is 18.2 Å². The van der Waals surface area contributed by atoms with Crippen molar-refractivity contribution in [3.05, 3.63) is 76.8 Å². The van der Waals surface area contributed by atoms with Crippen molar-refractivity contribution in [3.63, 3.8) is 0 Å². The monoisotopic (exact) mass is 394 g/mol. The number of aryl methyl sites for hydroxylation is 1. The minimum Gasteiger partial charge on any atom is -0.451 e. The van der Waals surface area contributed by atoms with Crippen LogP contribution in [0.4, 0.5) is 0 Å². The standard InChI is InChI=1S/C22H22N2O3S/c1-3-16-9-11-18(12-10-16)21-23-19(15-28-21)22(26)27-14-20(25)24(2)13-17-7-5-4-6-8-17/h4-12,15H,3,13-14H2,1-2H3. The predicted octanol–water partition coefficient (Wildman–Crippen LogP) is 4.19. The first kappa shape index (κ1) is 19.8. The van der Waals surface area contributed by atoms with Gasteiger partial charge in [-0.1, -0.05) is 61.5 Å².